The number of nitrogens with one attached hydrogen (secondary N) is 1. The molecule has 0 aliphatic carbocycles. The van der Waals surface area contributed by atoms with Gasteiger partial charge in [-0.05, 0) is 40.7 Å². The summed E-state index contributed by atoms with van der Waals surface area (Å²) in [5.74, 6) is 0. The van der Waals surface area contributed by atoms with E-state index in [4.69, 9.17) is 9.47 Å². The fraction of sp³-hybridized carbons (Fsp3) is 0.462. The van der Waals surface area contributed by atoms with Crippen molar-refractivity contribution in [1.29, 1.82) is 0 Å². The highest BCUT2D eigenvalue weighted by atomic mass is 32.1. The van der Waals surface area contributed by atoms with Crippen LogP contribution >= 0.6 is 22.7 Å². The highest BCUT2D eigenvalue weighted by molar-refractivity contribution is 7.17. The highest BCUT2D eigenvalue weighted by Crippen LogP contribution is 2.28. The lowest BCUT2D eigenvalue weighted by Gasteiger charge is -2.36. The summed E-state index contributed by atoms with van der Waals surface area (Å²) in [6, 6.07) is 1.83. The Morgan fingerprint density at radius 1 is 1.50 bits per heavy atom. The molecule has 0 spiro atoms. The van der Waals surface area contributed by atoms with Crippen molar-refractivity contribution in [2.75, 3.05) is 25.5 Å². The normalized spacial score (nSPS) is 21.6. The van der Waals surface area contributed by atoms with Crippen LogP contribution in [-0.4, -0.2) is 47.4 Å². The van der Waals surface area contributed by atoms with Crippen molar-refractivity contribution in [1.82, 2.24) is 15.1 Å². The number of hydrogen-bond acceptors (Lipinski definition) is 7. The largest absolute Gasteiger partial charge is 0.472 e. The summed E-state index contributed by atoms with van der Waals surface area (Å²) >= 11 is 2.81. The number of rotatable bonds is 3. The zero-order valence-electron chi connectivity index (χ0n) is 12.2. The Balaban J connectivity index is 1.66. The second-order valence-electron chi connectivity index (χ2n) is 4.90. The molecule has 0 aromatic carbocycles. The zero-order valence-corrected chi connectivity index (χ0v) is 13.8. The minimum Gasteiger partial charge on any atom is -0.472 e. The predicted octanol–water partition coefficient (Wildman–Crippen LogP) is 2.60. The van der Waals surface area contributed by atoms with Crippen molar-refractivity contribution >= 4 is 33.8 Å². The summed E-state index contributed by atoms with van der Waals surface area (Å²) in [6.07, 6.45) is -0.113. The first-order valence-electron chi connectivity index (χ1n) is 6.76. The molecule has 118 valence electrons. The summed E-state index contributed by atoms with van der Waals surface area (Å²) in [4.78, 5) is 14.1. The van der Waals surface area contributed by atoms with E-state index in [1.165, 1.54) is 18.4 Å². The highest BCUT2D eigenvalue weighted by Gasteiger charge is 2.30. The minimum atomic E-state index is -0.200. The van der Waals surface area contributed by atoms with Crippen molar-refractivity contribution in [3.63, 3.8) is 0 Å². The molecule has 0 radical (unpaired) electrons. The van der Waals surface area contributed by atoms with E-state index in [1.807, 2.05) is 18.4 Å². The monoisotopic (exact) mass is 340 g/mol. The minimum absolute atomic E-state index is 0.0200. The first kappa shape index (κ1) is 15.2. The van der Waals surface area contributed by atoms with E-state index in [9.17, 15) is 4.79 Å². The summed E-state index contributed by atoms with van der Waals surface area (Å²) in [7, 11) is 1.52. The molecule has 7 nitrogen and oxygen atoms in total. The molecular weight excluding hydrogens is 324 g/mol. The van der Waals surface area contributed by atoms with Gasteiger partial charge in [0.15, 0.2) is 0 Å². The molecule has 0 bridgehead atoms. The third-order valence-corrected chi connectivity index (χ3v) is 4.76. The molecule has 0 saturated carbocycles. The number of urea groups is 1. The predicted molar refractivity (Wildman–Crippen MR) is 84.7 cm³/mol. The standard InChI is InChI=1S/C13H16N4O3S2/c1-8-5-17(6-10(20-8)9-3-4-21-7-9)12(18)14-11-15-16-13(19-2)22-11/h3-4,7-8,10H,5-6H2,1-2H3,(H,14,15,18)/t8-,10-/m1/s1. The third kappa shape index (κ3) is 3.37. The number of hydrogen-bond donors (Lipinski definition) is 1. The molecule has 1 aliphatic heterocycles. The summed E-state index contributed by atoms with van der Waals surface area (Å²) in [5.41, 5.74) is 1.10. The topological polar surface area (TPSA) is 76.6 Å². The van der Waals surface area contributed by atoms with Gasteiger partial charge in [0.1, 0.15) is 6.10 Å². The van der Waals surface area contributed by atoms with E-state index >= 15 is 0 Å². The molecule has 1 aliphatic rings. The van der Waals surface area contributed by atoms with Crippen molar-refractivity contribution < 1.29 is 14.3 Å². The quantitative estimate of drug-likeness (QED) is 0.929. The molecular formula is C13H16N4O3S2. The number of amides is 2. The van der Waals surface area contributed by atoms with Crippen LogP contribution in [0.3, 0.4) is 0 Å². The first-order valence-corrected chi connectivity index (χ1v) is 8.52. The number of carbonyl (C=O) groups excluding carboxylic acids is 1. The maximum Gasteiger partial charge on any atom is 0.323 e. The van der Waals surface area contributed by atoms with E-state index in [0.717, 1.165) is 5.56 Å². The Kier molecular flexibility index (Phi) is 4.55. The first-order chi connectivity index (χ1) is 10.7. The molecule has 1 fully saturated rings. The van der Waals surface area contributed by atoms with Crippen LogP contribution in [0.25, 0.3) is 0 Å². The van der Waals surface area contributed by atoms with Crippen LogP contribution in [0.2, 0.25) is 0 Å². The van der Waals surface area contributed by atoms with Gasteiger partial charge in [0.05, 0.1) is 19.8 Å². The number of methoxy groups -OCH3 is 1. The number of nitrogens with zero attached hydrogens (tertiary/aromatic N) is 3. The second kappa shape index (κ2) is 6.59. The van der Waals surface area contributed by atoms with Gasteiger partial charge in [0.25, 0.3) is 5.19 Å². The van der Waals surface area contributed by atoms with Crippen LogP contribution in [0.15, 0.2) is 16.8 Å². The van der Waals surface area contributed by atoms with Gasteiger partial charge in [0, 0.05) is 6.54 Å². The van der Waals surface area contributed by atoms with Crippen molar-refractivity contribution in [2.24, 2.45) is 0 Å². The smallest absolute Gasteiger partial charge is 0.323 e. The maximum atomic E-state index is 12.4. The van der Waals surface area contributed by atoms with E-state index in [1.54, 1.807) is 16.2 Å². The molecule has 2 atom stereocenters. The van der Waals surface area contributed by atoms with E-state index < -0.39 is 0 Å². The number of carbonyl (C=O) groups is 1. The Labute approximate surface area is 135 Å². The fourth-order valence-electron chi connectivity index (χ4n) is 2.27. The van der Waals surface area contributed by atoms with E-state index in [2.05, 4.69) is 20.9 Å². The Morgan fingerprint density at radius 2 is 2.36 bits per heavy atom. The van der Waals surface area contributed by atoms with Crippen LogP contribution in [-0.2, 0) is 4.74 Å². The number of thiophene rings is 1. The van der Waals surface area contributed by atoms with Crippen molar-refractivity contribution in [3.8, 4) is 5.19 Å². The van der Waals surface area contributed by atoms with E-state index in [0.29, 0.717) is 23.4 Å². The fourth-order valence-corrected chi connectivity index (χ4v) is 3.52. The number of ether oxygens (including phenoxy) is 2. The SMILES string of the molecule is COc1nnc(NC(=O)N2C[C@@H](C)O[C@@H](c3ccsc3)C2)s1. The molecule has 2 aromatic heterocycles. The molecule has 3 heterocycles. The number of anilines is 1. The Hall–Kier alpha value is -1.71. The van der Waals surface area contributed by atoms with E-state index in [-0.39, 0.29) is 18.2 Å². The van der Waals surface area contributed by atoms with Gasteiger partial charge in [-0.2, -0.15) is 11.3 Å². The maximum absolute atomic E-state index is 12.4. The third-order valence-electron chi connectivity index (χ3n) is 3.26. The van der Waals surface area contributed by atoms with Crippen LogP contribution in [0.5, 0.6) is 5.19 Å². The summed E-state index contributed by atoms with van der Waals surface area (Å²) < 4.78 is 10.9. The molecule has 2 amide bonds. The van der Waals surface area contributed by atoms with Gasteiger partial charge < -0.3 is 14.4 Å². The van der Waals surface area contributed by atoms with Gasteiger partial charge in [-0.25, -0.2) is 4.79 Å². The average molecular weight is 340 g/mol. The van der Waals surface area contributed by atoms with Gasteiger partial charge in [-0.1, -0.05) is 5.10 Å². The molecule has 1 saturated heterocycles. The molecule has 2 aromatic rings. The van der Waals surface area contributed by atoms with Crippen LogP contribution < -0.4 is 10.1 Å². The van der Waals surface area contributed by atoms with Crippen molar-refractivity contribution in [2.45, 2.75) is 19.1 Å². The molecule has 22 heavy (non-hydrogen) atoms. The molecule has 0 unspecified atom stereocenters. The summed E-state index contributed by atoms with van der Waals surface area (Å²) in [5, 5.41) is 15.3. The van der Waals surface area contributed by atoms with Crippen LogP contribution in [0.4, 0.5) is 9.93 Å². The van der Waals surface area contributed by atoms with Crippen LogP contribution in [0.1, 0.15) is 18.6 Å². The Bertz CT molecular complexity index is 631. The lowest BCUT2D eigenvalue weighted by molar-refractivity contribution is -0.0640. The molecule has 3 rings (SSSR count). The average Bonchev–Trinajstić information content (AvgIpc) is 3.18. The van der Waals surface area contributed by atoms with Gasteiger partial charge in [0.2, 0.25) is 5.13 Å². The Morgan fingerprint density at radius 3 is 3.05 bits per heavy atom. The number of aromatic nitrogens is 2. The second-order valence-corrected chi connectivity index (χ2v) is 6.62. The summed E-state index contributed by atoms with van der Waals surface area (Å²) in [6.45, 7) is 3.03. The van der Waals surface area contributed by atoms with Crippen LogP contribution in [0, 0.1) is 0 Å². The van der Waals surface area contributed by atoms with Gasteiger partial charge >= 0.3 is 6.03 Å². The molecule has 1 N–H and O–H groups in total. The number of morpholine rings is 1. The van der Waals surface area contributed by atoms with Gasteiger partial charge in [-0.3, -0.25) is 5.32 Å². The lowest BCUT2D eigenvalue weighted by atomic mass is 10.1. The van der Waals surface area contributed by atoms with Crippen molar-refractivity contribution in [3.05, 3.63) is 22.4 Å². The molecule has 9 heteroatoms. The lowest BCUT2D eigenvalue weighted by Crippen LogP contribution is -2.47. The zero-order chi connectivity index (χ0) is 15.5. The van der Waals surface area contributed by atoms with Gasteiger partial charge in [-0.15, -0.1) is 5.10 Å².